The van der Waals surface area contributed by atoms with Crippen LogP contribution in [0.25, 0.3) is 0 Å². The first-order chi connectivity index (χ1) is 16.6. The van der Waals surface area contributed by atoms with Gasteiger partial charge in [0.25, 0.3) is 0 Å². The molecule has 0 aliphatic rings. The predicted molar refractivity (Wildman–Crippen MR) is 153 cm³/mol. The van der Waals surface area contributed by atoms with Gasteiger partial charge in [-0.1, -0.05) is 119 Å². The monoisotopic (exact) mass is 533 g/mol. The van der Waals surface area contributed by atoms with Gasteiger partial charge in [0.15, 0.2) is 0 Å². The molecule has 35 heavy (non-hydrogen) atoms. The van der Waals surface area contributed by atoms with E-state index in [1.54, 1.807) is 0 Å². The molecule has 0 N–H and O–H groups in total. The molecule has 0 saturated carbocycles. The van der Waals surface area contributed by atoms with Crippen LogP contribution >= 0.6 is 0 Å². The van der Waals surface area contributed by atoms with Crippen molar-refractivity contribution in [2.24, 2.45) is 0 Å². The van der Waals surface area contributed by atoms with Gasteiger partial charge in [-0.25, -0.2) is 16.8 Å². The lowest BCUT2D eigenvalue weighted by atomic mass is 10.0. The van der Waals surface area contributed by atoms with E-state index in [0.29, 0.717) is 12.8 Å². The zero-order chi connectivity index (χ0) is 26.4. The summed E-state index contributed by atoms with van der Waals surface area (Å²) in [5, 5.41) is 0. The summed E-state index contributed by atoms with van der Waals surface area (Å²) in [6.07, 6.45) is 31.4. The van der Waals surface area contributed by atoms with Crippen LogP contribution in [0.3, 0.4) is 0 Å². The topological polar surface area (TPSA) is 71.5 Å². The van der Waals surface area contributed by atoms with Crippen LogP contribution < -0.4 is 0 Å². The number of unbranched alkanes of at least 4 members (excludes halogenated alkanes) is 13. The quantitative estimate of drug-likeness (QED) is 0.0927. The predicted octanol–water partition coefficient (Wildman–Crippen LogP) is 8.14. The van der Waals surface area contributed by atoms with Crippen LogP contribution in [0.2, 0.25) is 0 Å². The highest BCUT2D eigenvalue weighted by atomic mass is 32.3. The number of rotatable bonds is 24. The number of allylic oxidation sites excluding steroid dienone is 4. The Morgan fingerprint density at radius 2 is 0.914 bits per heavy atom. The highest BCUT2D eigenvalue weighted by Crippen LogP contribution is 2.23. The molecule has 0 bridgehead atoms. The molecule has 0 radical (unpaired) electrons. The van der Waals surface area contributed by atoms with Crippen molar-refractivity contribution in [2.45, 2.75) is 142 Å². The molecule has 1 atom stereocenters. The van der Waals surface area contributed by atoms with Gasteiger partial charge in [-0.05, 0) is 44.9 Å². The highest BCUT2D eigenvalue weighted by Gasteiger charge is 2.34. The van der Waals surface area contributed by atoms with Crippen LogP contribution in [0, 0.1) is 0 Å². The van der Waals surface area contributed by atoms with Gasteiger partial charge in [-0.3, -0.25) is 0 Å². The molecule has 0 aliphatic carbocycles. The average molecular weight is 534 g/mol. The van der Waals surface area contributed by atoms with Crippen molar-refractivity contribution in [1.82, 2.24) is 3.71 Å². The fourth-order valence-corrected chi connectivity index (χ4v) is 7.97. The van der Waals surface area contributed by atoms with Gasteiger partial charge in [0.1, 0.15) is 0 Å². The molecule has 0 aromatic rings. The average Bonchev–Trinajstić information content (AvgIpc) is 2.76. The number of hydrogen-bond donors (Lipinski definition) is 0. The Bertz CT molecular complexity index is 726. The van der Waals surface area contributed by atoms with Gasteiger partial charge >= 0.3 is 0 Å². The summed E-state index contributed by atoms with van der Waals surface area (Å²) in [7, 11) is -7.62. The third-order valence-corrected chi connectivity index (χ3v) is 9.86. The fraction of sp³-hybridized carbons (Fsp3) is 0.857. The molecule has 208 valence electrons. The lowest BCUT2D eigenvalue weighted by Gasteiger charge is -2.28. The lowest BCUT2D eigenvalue weighted by Crippen LogP contribution is -2.43. The number of nitrogens with zero attached hydrogens (tertiary/aromatic N) is 1. The van der Waals surface area contributed by atoms with E-state index in [2.05, 4.69) is 38.2 Å². The normalized spacial score (nSPS) is 14.0. The molecular weight excluding hydrogens is 478 g/mol. The van der Waals surface area contributed by atoms with Crippen LogP contribution in [0.15, 0.2) is 24.3 Å². The van der Waals surface area contributed by atoms with E-state index in [1.807, 2.05) is 0 Å². The standard InChI is InChI=1S/C28H55NO4S2/c1-5-7-9-11-13-14-15-16-17-18-19-20-21-23-25-27-28(26-24-22-12-10-8-6-2)29(34(3,30)31)35(4,32)33/h13-14,16-17,28H,5-12,15,18-27H2,1-4H3/b14-13-,17-16-. The Morgan fingerprint density at radius 1 is 0.543 bits per heavy atom. The van der Waals surface area contributed by atoms with Crippen molar-refractivity contribution in [3.05, 3.63) is 24.3 Å². The van der Waals surface area contributed by atoms with Gasteiger partial charge in [0.05, 0.1) is 12.5 Å². The first kappa shape index (κ1) is 34.3. The van der Waals surface area contributed by atoms with Crippen LogP contribution in [0.4, 0.5) is 0 Å². The molecule has 0 saturated heterocycles. The van der Waals surface area contributed by atoms with Gasteiger partial charge < -0.3 is 0 Å². The van der Waals surface area contributed by atoms with Crippen molar-refractivity contribution in [1.29, 1.82) is 0 Å². The van der Waals surface area contributed by atoms with E-state index in [4.69, 9.17) is 0 Å². The Hall–Kier alpha value is -0.660. The minimum absolute atomic E-state index is 0.455. The number of hydrogen-bond acceptors (Lipinski definition) is 4. The Balaban J connectivity index is 4.33. The summed E-state index contributed by atoms with van der Waals surface area (Å²) in [5.41, 5.74) is 0. The van der Waals surface area contributed by atoms with E-state index in [-0.39, 0.29) is 0 Å². The second-order valence-electron chi connectivity index (χ2n) is 9.98. The molecule has 7 heteroatoms. The maximum absolute atomic E-state index is 12.3. The van der Waals surface area contributed by atoms with Crippen LogP contribution in [0.5, 0.6) is 0 Å². The summed E-state index contributed by atoms with van der Waals surface area (Å²) in [6.45, 7) is 4.41. The summed E-state index contributed by atoms with van der Waals surface area (Å²) >= 11 is 0. The molecule has 0 spiro atoms. The van der Waals surface area contributed by atoms with E-state index in [0.717, 1.165) is 80.4 Å². The minimum atomic E-state index is -3.81. The number of sulfonamides is 2. The maximum Gasteiger partial charge on any atom is 0.224 e. The van der Waals surface area contributed by atoms with Crippen molar-refractivity contribution in [2.75, 3.05) is 12.5 Å². The van der Waals surface area contributed by atoms with Crippen molar-refractivity contribution in [3.8, 4) is 0 Å². The van der Waals surface area contributed by atoms with Gasteiger partial charge in [-0.15, -0.1) is 0 Å². The van der Waals surface area contributed by atoms with E-state index < -0.39 is 26.1 Å². The first-order valence-corrected chi connectivity index (χ1v) is 17.8. The van der Waals surface area contributed by atoms with E-state index in [1.165, 1.54) is 44.9 Å². The van der Waals surface area contributed by atoms with Gasteiger partial charge in [0.2, 0.25) is 20.0 Å². The molecule has 0 amide bonds. The molecule has 0 fully saturated rings. The molecular formula is C28H55NO4S2. The molecule has 0 heterocycles. The van der Waals surface area contributed by atoms with Gasteiger partial charge in [-0.2, -0.15) is 0 Å². The van der Waals surface area contributed by atoms with Crippen molar-refractivity contribution < 1.29 is 16.8 Å². The minimum Gasteiger partial charge on any atom is -0.212 e. The second-order valence-corrected chi connectivity index (χ2v) is 13.9. The van der Waals surface area contributed by atoms with Crippen molar-refractivity contribution >= 4 is 20.0 Å². The lowest BCUT2D eigenvalue weighted by molar-refractivity contribution is 0.362. The molecule has 0 rings (SSSR count). The Kier molecular flexibility index (Phi) is 21.0. The van der Waals surface area contributed by atoms with Crippen molar-refractivity contribution in [3.63, 3.8) is 0 Å². The Labute approximate surface area is 218 Å². The largest absolute Gasteiger partial charge is 0.224 e. The van der Waals surface area contributed by atoms with E-state index >= 15 is 0 Å². The highest BCUT2D eigenvalue weighted by molar-refractivity contribution is 8.03. The zero-order valence-corrected chi connectivity index (χ0v) is 24.9. The van der Waals surface area contributed by atoms with E-state index in [9.17, 15) is 16.8 Å². The molecule has 5 nitrogen and oxygen atoms in total. The summed E-state index contributed by atoms with van der Waals surface area (Å²) in [6, 6.07) is -0.455. The summed E-state index contributed by atoms with van der Waals surface area (Å²) in [5.74, 6) is 0. The molecule has 0 aromatic heterocycles. The molecule has 1 unspecified atom stereocenters. The molecule has 0 aromatic carbocycles. The Morgan fingerprint density at radius 3 is 1.37 bits per heavy atom. The third kappa shape index (κ3) is 20.1. The fourth-order valence-electron chi connectivity index (χ4n) is 4.49. The second kappa shape index (κ2) is 21.4. The van der Waals surface area contributed by atoms with Crippen LogP contribution in [-0.2, 0) is 20.0 Å². The first-order valence-electron chi connectivity index (χ1n) is 14.1. The molecule has 0 aliphatic heterocycles. The smallest absolute Gasteiger partial charge is 0.212 e. The third-order valence-electron chi connectivity index (χ3n) is 6.33. The summed E-state index contributed by atoms with van der Waals surface area (Å²) < 4.78 is 49.9. The SMILES string of the molecule is CCCCC/C=C\C/C=C\CCCCCCCC(CCCCCCCC)N(S(C)(=O)=O)S(C)(=O)=O. The zero-order valence-electron chi connectivity index (χ0n) is 23.2. The van der Waals surface area contributed by atoms with Crippen LogP contribution in [-0.4, -0.2) is 39.1 Å². The van der Waals surface area contributed by atoms with Crippen LogP contribution in [0.1, 0.15) is 136 Å². The van der Waals surface area contributed by atoms with Gasteiger partial charge in [0, 0.05) is 6.04 Å². The summed E-state index contributed by atoms with van der Waals surface area (Å²) in [4.78, 5) is 0. The maximum atomic E-state index is 12.3.